The van der Waals surface area contributed by atoms with Gasteiger partial charge in [-0.1, -0.05) is 13.8 Å². The summed E-state index contributed by atoms with van der Waals surface area (Å²) in [5.74, 6) is -0.564. The third kappa shape index (κ3) is 2.94. The van der Waals surface area contributed by atoms with Crippen molar-refractivity contribution >= 4 is 11.9 Å². The van der Waals surface area contributed by atoms with Crippen LogP contribution >= 0.6 is 0 Å². The van der Waals surface area contributed by atoms with Crippen LogP contribution in [0.15, 0.2) is 0 Å². The van der Waals surface area contributed by atoms with Crippen molar-refractivity contribution in [2.45, 2.75) is 51.5 Å². The van der Waals surface area contributed by atoms with Crippen molar-refractivity contribution in [1.82, 2.24) is 5.32 Å². The molecule has 4 nitrogen and oxygen atoms in total. The second-order valence-electron chi connectivity index (χ2n) is 4.29. The Morgan fingerprint density at radius 2 is 1.87 bits per heavy atom. The zero-order valence-electron chi connectivity index (χ0n) is 9.38. The van der Waals surface area contributed by atoms with Gasteiger partial charge in [0.15, 0.2) is 0 Å². The molecule has 0 aromatic heterocycles. The molecule has 0 radical (unpaired) electrons. The van der Waals surface area contributed by atoms with E-state index >= 15 is 0 Å². The van der Waals surface area contributed by atoms with E-state index in [2.05, 4.69) is 5.32 Å². The van der Waals surface area contributed by atoms with Crippen molar-refractivity contribution in [3.8, 4) is 0 Å². The minimum atomic E-state index is -1.06. The lowest BCUT2D eigenvalue weighted by Gasteiger charge is -2.28. The van der Waals surface area contributed by atoms with Gasteiger partial charge in [0, 0.05) is 6.42 Å². The Labute approximate surface area is 90.0 Å². The maximum atomic E-state index is 11.6. The van der Waals surface area contributed by atoms with E-state index in [1.165, 1.54) is 0 Å². The van der Waals surface area contributed by atoms with E-state index in [1.807, 2.05) is 0 Å². The molecule has 1 aliphatic rings. The van der Waals surface area contributed by atoms with E-state index in [0.717, 1.165) is 12.8 Å². The van der Waals surface area contributed by atoms with Crippen LogP contribution < -0.4 is 5.32 Å². The smallest absolute Gasteiger partial charge is 0.329 e. The molecule has 0 saturated heterocycles. The Kier molecular flexibility index (Phi) is 3.72. The van der Waals surface area contributed by atoms with Crippen molar-refractivity contribution in [3.63, 3.8) is 0 Å². The first-order valence-corrected chi connectivity index (χ1v) is 5.58. The summed E-state index contributed by atoms with van der Waals surface area (Å²) < 4.78 is 0. The van der Waals surface area contributed by atoms with Crippen molar-refractivity contribution in [1.29, 1.82) is 0 Å². The molecule has 15 heavy (non-hydrogen) atoms. The van der Waals surface area contributed by atoms with Gasteiger partial charge in [0.2, 0.25) is 5.91 Å². The first-order chi connectivity index (χ1) is 7.04. The number of hydrogen-bond acceptors (Lipinski definition) is 2. The molecule has 0 aromatic carbocycles. The van der Waals surface area contributed by atoms with Crippen LogP contribution in [0.3, 0.4) is 0 Å². The predicted octanol–water partition coefficient (Wildman–Crippen LogP) is 1.55. The molecular weight excluding hydrogens is 194 g/mol. The van der Waals surface area contributed by atoms with Crippen LogP contribution in [0.5, 0.6) is 0 Å². The number of hydrogen-bond donors (Lipinski definition) is 2. The van der Waals surface area contributed by atoms with Gasteiger partial charge in [-0.2, -0.15) is 0 Å². The summed E-state index contributed by atoms with van der Waals surface area (Å²) in [5.41, 5.74) is -1.06. The summed E-state index contributed by atoms with van der Waals surface area (Å²) in [6, 6.07) is 0. The molecule has 4 heteroatoms. The highest BCUT2D eigenvalue weighted by atomic mass is 16.4. The summed E-state index contributed by atoms with van der Waals surface area (Å²) in [4.78, 5) is 22.7. The Morgan fingerprint density at radius 1 is 1.33 bits per heavy atom. The fourth-order valence-electron chi connectivity index (χ4n) is 1.68. The Balaban J connectivity index is 2.55. The molecule has 1 aliphatic carbocycles. The number of carboxylic acid groups (broad SMARTS) is 1. The monoisotopic (exact) mass is 213 g/mol. The Bertz CT molecular complexity index is 255. The number of aliphatic carboxylic acids is 1. The van der Waals surface area contributed by atoms with Crippen LogP contribution in [-0.4, -0.2) is 22.5 Å². The van der Waals surface area contributed by atoms with Gasteiger partial charge in [0.1, 0.15) is 5.54 Å². The van der Waals surface area contributed by atoms with Gasteiger partial charge in [-0.15, -0.1) is 0 Å². The number of nitrogens with one attached hydrogen (secondary N) is 1. The van der Waals surface area contributed by atoms with Gasteiger partial charge in [0.25, 0.3) is 0 Å². The van der Waals surface area contributed by atoms with E-state index in [1.54, 1.807) is 13.8 Å². The summed E-state index contributed by atoms with van der Waals surface area (Å²) in [7, 11) is 0. The fraction of sp³-hybridized carbons (Fsp3) is 0.818. The summed E-state index contributed by atoms with van der Waals surface area (Å²) in [6.07, 6.45) is 3.54. The molecule has 86 valence electrons. The third-order valence-corrected chi connectivity index (χ3v) is 3.17. The normalized spacial score (nSPS) is 16.1. The van der Waals surface area contributed by atoms with E-state index in [0.29, 0.717) is 25.2 Å². The van der Waals surface area contributed by atoms with Crippen molar-refractivity contribution in [3.05, 3.63) is 0 Å². The lowest BCUT2D eigenvalue weighted by Crippen LogP contribution is -2.53. The van der Waals surface area contributed by atoms with Crippen LogP contribution in [0.4, 0.5) is 0 Å². The molecule has 0 spiro atoms. The van der Waals surface area contributed by atoms with E-state index in [-0.39, 0.29) is 5.91 Å². The SMILES string of the molecule is CCC(CC)(NC(=O)CC1CC1)C(=O)O. The van der Waals surface area contributed by atoms with Crippen molar-refractivity contribution < 1.29 is 14.7 Å². The molecule has 1 saturated carbocycles. The molecule has 0 aromatic rings. The van der Waals surface area contributed by atoms with Crippen LogP contribution in [0.1, 0.15) is 46.0 Å². The minimum Gasteiger partial charge on any atom is -0.480 e. The first-order valence-electron chi connectivity index (χ1n) is 5.58. The van der Waals surface area contributed by atoms with Gasteiger partial charge >= 0.3 is 5.97 Å². The summed E-state index contributed by atoms with van der Waals surface area (Å²) >= 11 is 0. The van der Waals surface area contributed by atoms with E-state index < -0.39 is 11.5 Å². The maximum absolute atomic E-state index is 11.6. The summed E-state index contributed by atoms with van der Waals surface area (Å²) in [5, 5.41) is 11.8. The van der Waals surface area contributed by atoms with Gasteiger partial charge in [-0.3, -0.25) is 4.79 Å². The molecule has 0 aliphatic heterocycles. The van der Waals surface area contributed by atoms with Crippen molar-refractivity contribution in [2.24, 2.45) is 5.92 Å². The lowest BCUT2D eigenvalue weighted by atomic mass is 9.92. The second kappa shape index (κ2) is 4.64. The first kappa shape index (κ1) is 12.0. The molecular formula is C11H19NO3. The third-order valence-electron chi connectivity index (χ3n) is 3.17. The largest absolute Gasteiger partial charge is 0.480 e. The topological polar surface area (TPSA) is 66.4 Å². The van der Waals surface area contributed by atoms with Gasteiger partial charge in [-0.25, -0.2) is 4.79 Å². The zero-order valence-corrected chi connectivity index (χ0v) is 9.38. The Hall–Kier alpha value is -1.06. The van der Waals surface area contributed by atoms with Crippen LogP contribution in [0, 0.1) is 5.92 Å². The second-order valence-corrected chi connectivity index (χ2v) is 4.29. The number of amides is 1. The number of rotatable bonds is 6. The molecule has 2 N–H and O–H groups in total. The molecule has 1 amide bonds. The molecule has 0 unspecified atom stereocenters. The minimum absolute atomic E-state index is 0.122. The summed E-state index contributed by atoms with van der Waals surface area (Å²) in [6.45, 7) is 3.57. The highest BCUT2D eigenvalue weighted by Gasteiger charge is 2.37. The average Bonchev–Trinajstić information content (AvgIpc) is 2.97. The van der Waals surface area contributed by atoms with Gasteiger partial charge in [0.05, 0.1) is 0 Å². The van der Waals surface area contributed by atoms with Crippen molar-refractivity contribution in [2.75, 3.05) is 0 Å². The average molecular weight is 213 g/mol. The lowest BCUT2D eigenvalue weighted by molar-refractivity contribution is -0.148. The standard InChI is InChI=1S/C11H19NO3/c1-3-11(4-2,10(14)15)12-9(13)7-8-5-6-8/h8H,3-7H2,1-2H3,(H,12,13)(H,14,15). The molecule has 1 rings (SSSR count). The molecule has 0 atom stereocenters. The number of carbonyl (C=O) groups excluding carboxylic acids is 1. The highest BCUT2D eigenvalue weighted by Crippen LogP contribution is 2.32. The van der Waals surface area contributed by atoms with Crippen LogP contribution in [0.2, 0.25) is 0 Å². The Morgan fingerprint density at radius 3 is 2.20 bits per heavy atom. The highest BCUT2D eigenvalue weighted by molar-refractivity contribution is 5.87. The predicted molar refractivity (Wildman–Crippen MR) is 56.4 cm³/mol. The van der Waals surface area contributed by atoms with Gasteiger partial charge < -0.3 is 10.4 Å². The molecule has 1 fully saturated rings. The maximum Gasteiger partial charge on any atom is 0.329 e. The molecule has 0 heterocycles. The van der Waals surface area contributed by atoms with Gasteiger partial charge in [-0.05, 0) is 31.6 Å². The van der Waals surface area contributed by atoms with E-state index in [9.17, 15) is 9.59 Å². The van der Waals surface area contributed by atoms with Crippen LogP contribution in [0.25, 0.3) is 0 Å². The number of carbonyl (C=O) groups is 2. The fourth-order valence-corrected chi connectivity index (χ4v) is 1.68. The molecule has 0 bridgehead atoms. The number of carboxylic acids is 1. The van der Waals surface area contributed by atoms with Crippen LogP contribution in [-0.2, 0) is 9.59 Å². The zero-order chi connectivity index (χ0) is 11.5. The van der Waals surface area contributed by atoms with E-state index in [4.69, 9.17) is 5.11 Å². The quantitative estimate of drug-likeness (QED) is 0.703.